The fourth-order valence-electron chi connectivity index (χ4n) is 3.01. The maximum atomic E-state index is 11.5. The number of hydrogen-bond acceptors (Lipinski definition) is 2. The maximum absolute atomic E-state index is 11.5. The average Bonchev–Trinajstić information content (AvgIpc) is 2.28. The largest absolute Gasteiger partial charge is 0.465 e. The van der Waals surface area contributed by atoms with Crippen molar-refractivity contribution in [1.29, 1.82) is 0 Å². The van der Waals surface area contributed by atoms with E-state index in [0.717, 1.165) is 25.9 Å². The van der Waals surface area contributed by atoms with E-state index < -0.39 is 6.09 Å². The van der Waals surface area contributed by atoms with Crippen LogP contribution in [0.15, 0.2) is 0 Å². The number of unbranched alkanes of at least 4 members (excludes halogenated alkanes) is 2. The molecule has 1 saturated heterocycles. The summed E-state index contributed by atoms with van der Waals surface area (Å²) >= 11 is 0. The van der Waals surface area contributed by atoms with E-state index in [1.54, 1.807) is 4.90 Å². The SMILES string of the molecule is CCCCCC1(C(C)(C)C)CNCCN1C(=O)O. The highest BCUT2D eigenvalue weighted by atomic mass is 16.4. The van der Waals surface area contributed by atoms with E-state index in [9.17, 15) is 9.90 Å². The zero-order valence-electron chi connectivity index (χ0n) is 12.3. The summed E-state index contributed by atoms with van der Waals surface area (Å²) in [4.78, 5) is 13.2. The Balaban J connectivity index is 2.96. The van der Waals surface area contributed by atoms with E-state index in [4.69, 9.17) is 0 Å². The number of piperazine rings is 1. The Morgan fingerprint density at radius 2 is 2.06 bits per heavy atom. The third-order valence-electron chi connectivity index (χ3n) is 4.27. The summed E-state index contributed by atoms with van der Waals surface area (Å²) in [7, 11) is 0. The van der Waals surface area contributed by atoms with Gasteiger partial charge < -0.3 is 10.4 Å². The Bertz CT molecular complexity index is 286. The Morgan fingerprint density at radius 3 is 2.56 bits per heavy atom. The minimum atomic E-state index is -0.775. The van der Waals surface area contributed by atoms with Crippen LogP contribution in [-0.2, 0) is 0 Å². The van der Waals surface area contributed by atoms with Crippen molar-refractivity contribution in [3.05, 3.63) is 0 Å². The molecule has 0 saturated carbocycles. The smallest absolute Gasteiger partial charge is 0.407 e. The van der Waals surface area contributed by atoms with Crippen LogP contribution >= 0.6 is 0 Å². The van der Waals surface area contributed by atoms with E-state index in [1.165, 1.54) is 12.8 Å². The van der Waals surface area contributed by atoms with Gasteiger partial charge in [0, 0.05) is 19.6 Å². The number of nitrogens with one attached hydrogen (secondary N) is 1. The molecule has 0 aromatic heterocycles. The van der Waals surface area contributed by atoms with Crippen molar-refractivity contribution < 1.29 is 9.90 Å². The fraction of sp³-hybridized carbons (Fsp3) is 0.929. The van der Waals surface area contributed by atoms with E-state index >= 15 is 0 Å². The molecule has 0 aliphatic carbocycles. The van der Waals surface area contributed by atoms with Gasteiger partial charge in [-0.05, 0) is 11.8 Å². The number of carbonyl (C=O) groups is 1. The van der Waals surface area contributed by atoms with Crippen LogP contribution in [0.25, 0.3) is 0 Å². The third-order valence-corrected chi connectivity index (χ3v) is 4.27. The lowest BCUT2D eigenvalue weighted by atomic mass is 9.68. The highest BCUT2D eigenvalue weighted by Crippen LogP contribution is 2.40. The summed E-state index contributed by atoms with van der Waals surface area (Å²) < 4.78 is 0. The molecule has 0 aromatic carbocycles. The number of amides is 1. The van der Waals surface area contributed by atoms with Crippen LogP contribution in [0.3, 0.4) is 0 Å². The lowest BCUT2D eigenvalue weighted by Crippen LogP contribution is -2.68. The molecule has 1 unspecified atom stereocenters. The molecule has 1 heterocycles. The van der Waals surface area contributed by atoms with Gasteiger partial charge in [-0.3, -0.25) is 4.90 Å². The zero-order chi connectivity index (χ0) is 13.8. The molecule has 1 aliphatic heterocycles. The number of rotatable bonds is 4. The molecule has 0 bridgehead atoms. The fourth-order valence-corrected chi connectivity index (χ4v) is 3.01. The molecule has 106 valence electrons. The molecule has 0 radical (unpaired) electrons. The maximum Gasteiger partial charge on any atom is 0.407 e. The minimum absolute atomic E-state index is 0.0491. The molecule has 2 N–H and O–H groups in total. The van der Waals surface area contributed by atoms with Gasteiger partial charge in [0.25, 0.3) is 0 Å². The van der Waals surface area contributed by atoms with Crippen LogP contribution in [0.5, 0.6) is 0 Å². The Hall–Kier alpha value is -0.770. The Morgan fingerprint density at radius 1 is 1.39 bits per heavy atom. The highest BCUT2D eigenvalue weighted by Gasteiger charge is 2.49. The topological polar surface area (TPSA) is 52.6 Å². The quantitative estimate of drug-likeness (QED) is 0.760. The van der Waals surface area contributed by atoms with E-state index in [2.05, 4.69) is 33.0 Å². The number of nitrogens with zero attached hydrogens (tertiary/aromatic N) is 1. The van der Waals surface area contributed by atoms with Crippen molar-refractivity contribution >= 4 is 6.09 Å². The first-order chi connectivity index (χ1) is 8.35. The van der Waals surface area contributed by atoms with Gasteiger partial charge in [-0.15, -0.1) is 0 Å². The molecule has 1 fully saturated rings. The molecule has 0 aromatic rings. The van der Waals surface area contributed by atoms with Crippen molar-refractivity contribution in [2.24, 2.45) is 5.41 Å². The van der Waals surface area contributed by atoms with Crippen LogP contribution in [0, 0.1) is 5.41 Å². The van der Waals surface area contributed by atoms with E-state index in [0.29, 0.717) is 6.54 Å². The summed E-state index contributed by atoms with van der Waals surface area (Å²) in [6.45, 7) is 10.8. The third kappa shape index (κ3) is 2.97. The van der Waals surface area contributed by atoms with Crippen molar-refractivity contribution in [2.45, 2.75) is 58.9 Å². The summed E-state index contributed by atoms with van der Waals surface area (Å²) in [6, 6.07) is 0. The van der Waals surface area contributed by atoms with Crippen molar-refractivity contribution in [2.75, 3.05) is 19.6 Å². The predicted octanol–water partition coefficient (Wildman–Crippen LogP) is 2.93. The molecule has 18 heavy (non-hydrogen) atoms. The summed E-state index contributed by atoms with van der Waals surface area (Å²) in [5.74, 6) is 0. The first kappa shape index (κ1) is 15.3. The number of carboxylic acid groups (broad SMARTS) is 1. The van der Waals surface area contributed by atoms with Crippen LogP contribution in [0.2, 0.25) is 0 Å². The van der Waals surface area contributed by atoms with Gasteiger partial charge in [0.2, 0.25) is 0 Å². The zero-order valence-corrected chi connectivity index (χ0v) is 12.3. The lowest BCUT2D eigenvalue weighted by Gasteiger charge is -2.54. The van der Waals surface area contributed by atoms with Gasteiger partial charge in [0.05, 0.1) is 5.54 Å². The van der Waals surface area contributed by atoms with Gasteiger partial charge in [0.15, 0.2) is 0 Å². The summed E-state index contributed by atoms with van der Waals surface area (Å²) in [5, 5.41) is 12.9. The monoisotopic (exact) mass is 256 g/mol. The lowest BCUT2D eigenvalue weighted by molar-refractivity contribution is -0.0215. The van der Waals surface area contributed by atoms with Gasteiger partial charge in [-0.25, -0.2) is 4.79 Å². The molecule has 1 aliphatic rings. The standard InChI is InChI=1S/C14H28N2O2/c1-5-6-7-8-14(13(2,3)4)11-15-9-10-16(14)12(17)18/h15H,5-11H2,1-4H3,(H,17,18). The molecule has 0 spiro atoms. The van der Waals surface area contributed by atoms with Gasteiger partial charge in [0.1, 0.15) is 0 Å². The van der Waals surface area contributed by atoms with Crippen LogP contribution in [-0.4, -0.2) is 41.3 Å². The second-order valence-electron chi connectivity index (χ2n) is 6.35. The van der Waals surface area contributed by atoms with Gasteiger partial charge >= 0.3 is 6.09 Å². The normalized spacial score (nSPS) is 25.2. The molecular formula is C14H28N2O2. The van der Waals surface area contributed by atoms with Crippen LogP contribution < -0.4 is 5.32 Å². The minimum Gasteiger partial charge on any atom is -0.465 e. The summed E-state index contributed by atoms with van der Waals surface area (Å²) in [6.07, 6.45) is 3.61. The van der Waals surface area contributed by atoms with Crippen molar-refractivity contribution in [3.8, 4) is 0 Å². The van der Waals surface area contributed by atoms with E-state index in [1.807, 2.05) is 0 Å². The summed E-state index contributed by atoms with van der Waals surface area (Å²) in [5.41, 5.74) is -0.321. The molecule has 1 amide bonds. The van der Waals surface area contributed by atoms with Crippen molar-refractivity contribution in [1.82, 2.24) is 10.2 Å². The number of hydrogen-bond donors (Lipinski definition) is 2. The van der Waals surface area contributed by atoms with Crippen LogP contribution in [0.1, 0.15) is 53.4 Å². The Labute approximate surface area is 111 Å². The van der Waals surface area contributed by atoms with Gasteiger partial charge in [-0.2, -0.15) is 0 Å². The van der Waals surface area contributed by atoms with Gasteiger partial charge in [-0.1, -0.05) is 47.0 Å². The highest BCUT2D eigenvalue weighted by molar-refractivity contribution is 5.66. The van der Waals surface area contributed by atoms with Crippen LogP contribution in [0.4, 0.5) is 4.79 Å². The second-order valence-corrected chi connectivity index (χ2v) is 6.35. The van der Waals surface area contributed by atoms with E-state index in [-0.39, 0.29) is 11.0 Å². The Kier molecular flexibility index (Phi) is 5.02. The molecule has 4 nitrogen and oxygen atoms in total. The first-order valence-corrected chi connectivity index (χ1v) is 7.06. The molecule has 1 atom stereocenters. The molecular weight excluding hydrogens is 228 g/mol. The predicted molar refractivity (Wildman–Crippen MR) is 73.9 cm³/mol. The first-order valence-electron chi connectivity index (χ1n) is 7.06. The molecule has 1 rings (SSSR count). The van der Waals surface area contributed by atoms with Crippen molar-refractivity contribution in [3.63, 3.8) is 0 Å². The molecule has 4 heteroatoms. The second kappa shape index (κ2) is 5.91. The average molecular weight is 256 g/mol.